The summed E-state index contributed by atoms with van der Waals surface area (Å²) in [4.78, 5) is 10.6. The number of fused-ring (bicyclic) bond motifs is 1. The van der Waals surface area contributed by atoms with Crippen LogP contribution in [0.25, 0.3) is 5.65 Å². The zero-order chi connectivity index (χ0) is 20.4. The molecule has 2 N–H and O–H groups in total. The Hall–Kier alpha value is -2.43. The Morgan fingerprint density at radius 1 is 1.20 bits per heavy atom. The van der Waals surface area contributed by atoms with E-state index < -0.39 is 11.6 Å². The van der Waals surface area contributed by atoms with Gasteiger partial charge in [0.1, 0.15) is 23.0 Å². The first-order valence-corrected chi connectivity index (χ1v) is 9.65. The van der Waals surface area contributed by atoms with Crippen LogP contribution in [0.5, 0.6) is 0 Å². The highest BCUT2D eigenvalue weighted by molar-refractivity contribution is 14.0. The standard InChI is InChI=1S/C21H24F2N6.HI/c1-14-5-3-8-19-26-16(13-29(14)19)11-25-21(24-2)27-15-9-10-28(12-15)20-17(22)6-4-7-18(20)23;/h3-8,13,15H,9-12H2,1-2H3,(H2,24,25,27);1H. The molecule has 6 nitrogen and oxygen atoms in total. The number of pyridine rings is 1. The number of halogens is 3. The van der Waals surface area contributed by atoms with Gasteiger partial charge in [-0.3, -0.25) is 4.99 Å². The van der Waals surface area contributed by atoms with Crippen LogP contribution in [0.2, 0.25) is 0 Å². The van der Waals surface area contributed by atoms with E-state index in [-0.39, 0.29) is 35.7 Å². The molecule has 1 saturated heterocycles. The molecule has 1 aliphatic rings. The fourth-order valence-electron chi connectivity index (χ4n) is 3.72. The summed E-state index contributed by atoms with van der Waals surface area (Å²) in [5, 5.41) is 6.60. The van der Waals surface area contributed by atoms with Crippen LogP contribution < -0.4 is 15.5 Å². The van der Waals surface area contributed by atoms with Crippen molar-refractivity contribution in [1.82, 2.24) is 20.0 Å². The predicted molar refractivity (Wildman–Crippen MR) is 126 cm³/mol. The average Bonchev–Trinajstić information content (AvgIpc) is 3.32. The number of nitrogens with one attached hydrogen (secondary N) is 2. The number of anilines is 1. The van der Waals surface area contributed by atoms with Crippen molar-refractivity contribution in [1.29, 1.82) is 0 Å². The topological polar surface area (TPSA) is 57.0 Å². The smallest absolute Gasteiger partial charge is 0.191 e. The van der Waals surface area contributed by atoms with E-state index in [1.807, 2.05) is 35.7 Å². The van der Waals surface area contributed by atoms with Crippen molar-refractivity contribution in [3.63, 3.8) is 0 Å². The number of hydrogen-bond acceptors (Lipinski definition) is 3. The number of benzene rings is 1. The highest BCUT2D eigenvalue weighted by Crippen LogP contribution is 2.26. The Morgan fingerprint density at radius 2 is 1.93 bits per heavy atom. The molecule has 0 aliphatic carbocycles. The number of imidazole rings is 1. The minimum absolute atomic E-state index is 0. The lowest BCUT2D eigenvalue weighted by atomic mass is 10.2. The van der Waals surface area contributed by atoms with Crippen LogP contribution in [0.3, 0.4) is 0 Å². The van der Waals surface area contributed by atoms with Crippen LogP contribution in [0.4, 0.5) is 14.5 Å². The molecule has 30 heavy (non-hydrogen) atoms. The molecular weight excluding hydrogens is 501 g/mol. The zero-order valence-corrected chi connectivity index (χ0v) is 19.2. The second kappa shape index (κ2) is 9.59. The largest absolute Gasteiger partial charge is 0.365 e. The first-order valence-electron chi connectivity index (χ1n) is 9.65. The van der Waals surface area contributed by atoms with Gasteiger partial charge in [0, 0.05) is 38.1 Å². The molecule has 1 fully saturated rings. The molecule has 0 amide bonds. The quantitative estimate of drug-likeness (QED) is 0.311. The minimum Gasteiger partial charge on any atom is -0.365 e. The Bertz CT molecular complexity index is 1030. The Kier molecular flexibility index (Phi) is 7.11. The van der Waals surface area contributed by atoms with Crippen molar-refractivity contribution in [3.05, 3.63) is 65.6 Å². The van der Waals surface area contributed by atoms with Gasteiger partial charge in [0.15, 0.2) is 5.96 Å². The molecule has 1 aromatic carbocycles. The lowest BCUT2D eigenvalue weighted by Gasteiger charge is -2.21. The lowest BCUT2D eigenvalue weighted by molar-refractivity contribution is 0.576. The number of aliphatic imine (C=N–C) groups is 1. The average molecular weight is 526 g/mol. The van der Waals surface area contributed by atoms with E-state index in [2.05, 4.69) is 20.6 Å². The molecule has 3 aromatic rings. The van der Waals surface area contributed by atoms with Gasteiger partial charge >= 0.3 is 0 Å². The number of aromatic nitrogens is 2. The van der Waals surface area contributed by atoms with Gasteiger partial charge in [-0.05, 0) is 37.6 Å². The number of hydrogen-bond donors (Lipinski definition) is 2. The summed E-state index contributed by atoms with van der Waals surface area (Å²) in [5.74, 6) is -0.426. The summed E-state index contributed by atoms with van der Waals surface area (Å²) in [5.41, 5.74) is 2.97. The number of rotatable bonds is 4. The third-order valence-corrected chi connectivity index (χ3v) is 5.19. The fraction of sp³-hybridized carbons (Fsp3) is 0.333. The fourth-order valence-corrected chi connectivity index (χ4v) is 3.72. The normalized spacial score (nSPS) is 16.6. The molecule has 4 rings (SSSR count). The molecule has 2 aromatic heterocycles. The van der Waals surface area contributed by atoms with Gasteiger partial charge < -0.3 is 19.9 Å². The van der Waals surface area contributed by atoms with Crippen molar-refractivity contribution in [3.8, 4) is 0 Å². The van der Waals surface area contributed by atoms with Crippen molar-refractivity contribution in [2.45, 2.75) is 25.9 Å². The molecule has 9 heteroatoms. The van der Waals surface area contributed by atoms with Gasteiger partial charge in [-0.1, -0.05) is 12.1 Å². The maximum atomic E-state index is 14.0. The van der Waals surface area contributed by atoms with E-state index in [0.717, 1.165) is 23.5 Å². The summed E-state index contributed by atoms with van der Waals surface area (Å²) in [6, 6.07) is 10.00. The summed E-state index contributed by atoms with van der Waals surface area (Å²) in [6.45, 7) is 3.65. The molecular formula is C21H25F2IN6. The molecule has 160 valence electrons. The first-order chi connectivity index (χ1) is 14.0. The highest BCUT2D eigenvalue weighted by atomic mass is 127. The van der Waals surface area contributed by atoms with Gasteiger partial charge in [-0.15, -0.1) is 24.0 Å². The van der Waals surface area contributed by atoms with Gasteiger partial charge in [-0.25, -0.2) is 13.8 Å². The summed E-state index contributed by atoms with van der Waals surface area (Å²) in [6.07, 6.45) is 2.77. The van der Waals surface area contributed by atoms with E-state index in [4.69, 9.17) is 0 Å². The first kappa shape index (κ1) is 22.3. The van der Waals surface area contributed by atoms with E-state index in [1.165, 1.54) is 18.2 Å². The maximum Gasteiger partial charge on any atom is 0.191 e. The van der Waals surface area contributed by atoms with Gasteiger partial charge in [-0.2, -0.15) is 0 Å². The SMILES string of the molecule is CN=C(NCc1cn2c(C)cccc2n1)NC1CCN(c2c(F)cccc2F)C1.I. The van der Waals surface area contributed by atoms with Crippen molar-refractivity contribution < 1.29 is 8.78 Å². The minimum atomic E-state index is -0.532. The molecule has 1 atom stereocenters. The van der Waals surface area contributed by atoms with Crippen LogP contribution in [-0.2, 0) is 6.54 Å². The van der Waals surface area contributed by atoms with Crippen LogP contribution in [0.15, 0.2) is 47.6 Å². The van der Waals surface area contributed by atoms with Gasteiger partial charge in [0.2, 0.25) is 0 Å². The number of aryl methyl sites for hydroxylation is 1. The van der Waals surface area contributed by atoms with Gasteiger partial charge in [0.05, 0.1) is 12.2 Å². The van der Waals surface area contributed by atoms with Gasteiger partial charge in [0.25, 0.3) is 0 Å². The van der Waals surface area contributed by atoms with E-state index in [1.54, 1.807) is 11.9 Å². The third kappa shape index (κ3) is 4.66. The summed E-state index contributed by atoms with van der Waals surface area (Å²) >= 11 is 0. The second-order valence-corrected chi connectivity index (χ2v) is 7.20. The number of guanidine groups is 1. The molecule has 0 radical (unpaired) electrons. The maximum absolute atomic E-state index is 14.0. The monoisotopic (exact) mass is 526 g/mol. The van der Waals surface area contributed by atoms with Crippen LogP contribution in [0, 0.1) is 18.6 Å². The second-order valence-electron chi connectivity index (χ2n) is 7.20. The summed E-state index contributed by atoms with van der Waals surface area (Å²) in [7, 11) is 1.70. The molecule has 0 spiro atoms. The molecule has 1 aliphatic heterocycles. The van der Waals surface area contributed by atoms with Crippen LogP contribution in [0.1, 0.15) is 17.8 Å². The van der Waals surface area contributed by atoms with Crippen molar-refractivity contribution in [2.75, 3.05) is 25.0 Å². The molecule has 0 bridgehead atoms. The predicted octanol–water partition coefficient (Wildman–Crippen LogP) is 3.48. The Labute approximate surface area is 191 Å². The van der Waals surface area contributed by atoms with Crippen molar-refractivity contribution >= 4 is 41.3 Å². The Morgan fingerprint density at radius 3 is 2.63 bits per heavy atom. The zero-order valence-electron chi connectivity index (χ0n) is 16.9. The molecule has 0 saturated carbocycles. The van der Waals surface area contributed by atoms with Crippen LogP contribution in [-0.4, -0.2) is 41.5 Å². The van der Waals surface area contributed by atoms with E-state index in [9.17, 15) is 8.78 Å². The van der Waals surface area contributed by atoms with Crippen molar-refractivity contribution in [2.24, 2.45) is 4.99 Å². The van der Waals surface area contributed by atoms with E-state index in [0.29, 0.717) is 25.6 Å². The summed E-state index contributed by atoms with van der Waals surface area (Å²) < 4.78 is 30.1. The lowest BCUT2D eigenvalue weighted by Crippen LogP contribution is -2.44. The van der Waals surface area contributed by atoms with E-state index >= 15 is 0 Å². The molecule has 1 unspecified atom stereocenters. The highest BCUT2D eigenvalue weighted by Gasteiger charge is 2.27. The Balaban J connectivity index is 0.00000256. The third-order valence-electron chi connectivity index (χ3n) is 5.19. The number of para-hydroxylation sites is 1. The van der Waals surface area contributed by atoms with Crippen LogP contribution >= 0.6 is 24.0 Å². The number of nitrogens with zero attached hydrogens (tertiary/aromatic N) is 4. The molecule has 3 heterocycles.